The van der Waals surface area contributed by atoms with E-state index >= 15 is 0 Å². The molecule has 1 aliphatic rings. The van der Waals surface area contributed by atoms with Crippen molar-refractivity contribution in [2.75, 3.05) is 0 Å². The minimum atomic E-state index is -0.745. The summed E-state index contributed by atoms with van der Waals surface area (Å²) in [6.07, 6.45) is 4.09. The van der Waals surface area contributed by atoms with Crippen LogP contribution in [0.15, 0.2) is 30.6 Å². The van der Waals surface area contributed by atoms with Crippen LogP contribution in [0, 0.1) is 5.92 Å². The van der Waals surface area contributed by atoms with E-state index in [1.807, 2.05) is 18.2 Å². The Kier molecular flexibility index (Phi) is 2.18. The Labute approximate surface area is 97.5 Å². The van der Waals surface area contributed by atoms with Crippen molar-refractivity contribution in [3.8, 4) is 11.4 Å². The van der Waals surface area contributed by atoms with E-state index < -0.39 is 5.97 Å². The molecule has 2 N–H and O–H groups in total. The number of rotatable bonds is 3. The van der Waals surface area contributed by atoms with Gasteiger partial charge in [0.05, 0.1) is 23.5 Å². The third-order valence-corrected chi connectivity index (χ3v) is 3.00. The Balaban J connectivity index is 1.83. The van der Waals surface area contributed by atoms with Crippen molar-refractivity contribution in [1.29, 1.82) is 0 Å². The lowest BCUT2D eigenvalue weighted by Gasteiger charge is -1.95. The highest BCUT2D eigenvalue weighted by atomic mass is 16.4. The molecule has 0 aromatic carbocycles. The van der Waals surface area contributed by atoms with Crippen LogP contribution in [0.1, 0.15) is 18.2 Å². The first-order chi connectivity index (χ1) is 8.25. The molecule has 1 aliphatic carbocycles. The van der Waals surface area contributed by atoms with E-state index in [1.54, 1.807) is 12.4 Å². The highest BCUT2D eigenvalue weighted by Gasteiger charge is 2.46. The lowest BCUT2D eigenvalue weighted by Crippen LogP contribution is -1.99. The van der Waals surface area contributed by atoms with Gasteiger partial charge in [-0.15, -0.1) is 0 Å². The number of aromatic amines is 1. The van der Waals surface area contributed by atoms with Crippen molar-refractivity contribution in [2.45, 2.75) is 12.3 Å². The molecule has 2 aromatic heterocycles. The zero-order valence-electron chi connectivity index (χ0n) is 9.00. The second-order valence-electron chi connectivity index (χ2n) is 4.18. The zero-order chi connectivity index (χ0) is 11.8. The molecule has 0 bridgehead atoms. The average Bonchev–Trinajstić information content (AvgIpc) is 3.01. The van der Waals surface area contributed by atoms with Crippen molar-refractivity contribution in [3.05, 3.63) is 36.4 Å². The van der Waals surface area contributed by atoms with E-state index in [0.717, 1.165) is 17.2 Å². The second kappa shape index (κ2) is 3.69. The van der Waals surface area contributed by atoms with Gasteiger partial charge in [-0.2, -0.15) is 0 Å². The highest BCUT2D eigenvalue weighted by Crippen LogP contribution is 2.46. The van der Waals surface area contributed by atoms with Gasteiger partial charge >= 0.3 is 5.97 Å². The number of nitrogens with zero attached hydrogens (tertiary/aromatic N) is 2. The standard InChI is InChI=1S/C12H11N3O2/c16-12(17)8-5-7(8)11-14-6-10(15-11)9-3-1-2-4-13-9/h1-4,6-8H,5H2,(H,14,15)(H,16,17)/t7-,8-/m1/s1. The van der Waals surface area contributed by atoms with Gasteiger partial charge in [0.2, 0.25) is 0 Å². The van der Waals surface area contributed by atoms with Crippen molar-refractivity contribution < 1.29 is 9.90 Å². The summed E-state index contributed by atoms with van der Waals surface area (Å²) in [6, 6.07) is 5.64. The van der Waals surface area contributed by atoms with Crippen molar-refractivity contribution in [1.82, 2.24) is 15.0 Å². The van der Waals surface area contributed by atoms with Crippen LogP contribution in [-0.2, 0) is 4.79 Å². The summed E-state index contributed by atoms with van der Waals surface area (Å²) in [5.41, 5.74) is 1.65. The van der Waals surface area contributed by atoms with Crippen LogP contribution < -0.4 is 0 Å². The van der Waals surface area contributed by atoms with Gasteiger partial charge in [0.25, 0.3) is 0 Å². The van der Waals surface area contributed by atoms with Crippen LogP contribution in [0.5, 0.6) is 0 Å². The fraction of sp³-hybridized carbons (Fsp3) is 0.250. The number of hydrogen-bond acceptors (Lipinski definition) is 3. The van der Waals surface area contributed by atoms with Gasteiger partial charge in [-0.3, -0.25) is 9.78 Å². The average molecular weight is 229 g/mol. The molecule has 0 saturated heterocycles. The number of carboxylic acid groups (broad SMARTS) is 1. The van der Waals surface area contributed by atoms with Gasteiger partial charge in [0, 0.05) is 12.1 Å². The fourth-order valence-electron chi connectivity index (χ4n) is 1.95. The van der Waals surface area contributed by atoms with Crippen molar-refractivity contribution >= 4 is 5.97 Å². The molecule has 0 amide bonds. The van der Waals surface area contributed by atoms with Gasteiger partial charge in [-0.05, 0) is 18.6 Å². The zero-order valence-corrected chi connectivity index (χ0v) is 9.00. The summed E-state index contributed by atoms with van der Waals surface area (Å²) in [6.45, 7) is 0. The van der Waals surface area contributed by atoms with Crippen molar-refractivity contribution in [2.24, 2.45) is 5.92 Å². The molecule has 0 radical (unpaired) electrons. The number of H-pyrrole nitrogens is 1. The lowest BCUT2D eigenvalue weighted by atomic mass is 10.3. The molecule has 1 fully saturated rings. The van der Waals surface area contributed by atoms with Crippen LogP contribution >= 0.6 is 0 Å². The summed E-state index contributed by atoms with van der Waals surface area (Å²) in [5, 5.41) is 8.85. The lowest BCUT2D eigenvalue weighted by molar-refractivity contribution is -0.138. The number of pyridine rings is 1. The smallest absolute Gasteiger partial charge is 0.307 e. The normalized spacial score (nSPS) is 22.4. The second-order valence-corrected chi connectivity index (χ2v) is 4.18. The van der Waals surface area contributed by atoms with Gasteiger partial charge in [0.15, 0.2) is 0 Å². The number of nitrogens with one attached hydrogen (secondary N) is 1. The molecule has 86 valence electrons. The van der Waals surface area contributed by atoms with E-state index in [2.05, 4.69) is 15.0 Å². The maximum Gasteiger partial charge on any atom is 0.307 e. The van der Waals surface area contributed by atoms with Gasteiger partial charge in [0.1, 0.15) is 5.82 Å². The Morgan fingerprint density at radius 3 is 2.94 bits per heavy atom. The molecule has 0 unspecified atom stereocenters. The Morgan fingerprint density at radius 2 is 2.29 bits per heavy atom. The van der Waals surface area contributed by atoms with E-state index in [-0.39, 0.29) is 11.8 Å². The first-order valence-corrected chi connectivity index (χ1v) is 5.45. The summed E-state index contributed by atoms with van der Waals surface area (Å²) < 4.78 is 0. The van der Waals surface area contributed by atoms with E-state index in [9.17, 15) is 4.79 Å². The molecule has 2 atom stereocenters. The molecule has 5 nitrogen and oxygen atoms in total. The van der Waals surface area contributed by atoms with Crippen LogP contribution in [-0.4, -0.2) is 26.0 Å². The summed E-state index contributed by atoms with van der Waals surface area (Å²) >= 11 is 0. The van der Waals surface area contributed by atoms with Gasteiger partial charge in [-0.25, -0.2) is 4.98 Å². The number of hydrogen-bond donors (Lipinski definition) is 2. The van der Waals surface area contributed by atoms with Crippen molar-refractivity contribution in [3.63, 3.8) is 0 Å². The minimum absolute atomic E-state index is 0.0324. The Morgan fingerprint density at radius 1 is 1.41 bits per heavy atom. The summed E-state index contributed by atoms with van der Waals surface area (Å²) in [4.78, 5) is 22.3. The van der Waals surface area contributed by atoms with E-state index in [1.165, 1.54) is 0 Å². The third-order valence-electron chi connectivity index (χ3n) is 3.00. The fourth-order valence-corrected chi connectivity index (χ4v) is 1.95. The number of carboxylic acids is 1. The molecule has 1 saturated carbocycles. The topological polar surface area (TPSA) is 78.9 Å². The third kappa shape index (κ3) is 1.80. The maximum atomic E-state index is 10.8. The van der Waals surface area contributed by atoms with Gasteiger partial charge < -0.3 is 10.1 Å². The number of imidazole rings is 1. The molecule has 2 aromatic rings. The SMILES string of the molecule is O=C(O)[C@@H]1C[C@H]1c1ncc(-c2ccccn2)[nH]1. The molecule has 5 heteroatoms. The van der Waals surface area contributed by atoms with Gasteiger partial charge in [-0.1, -0.05) is 6.07 Å². The molecular weight excluding hydrogens is 218 g/mol. The predicted octanol–water partition coefficient (Wildman–Crippen LogP) is 1.66. The minimum Gasteiger partial charge on any atom is -0.481 e. The number of aromatic nitrogens is 3. The highest BCUT2D eigenvalue weighted by molar-refractivity contribution is 5.75. The molecule has 0 spiro atoms. The van der Waals surface area contributed by atoms with Crippen LogP contribution in [0.4, 0.5) is 0 Å². The first kappa shape index (κ1) is 10.0. The monoisotopic (exact) mass is 229 g/mol. The van der Waals surface area contributed by atoms with E-state index in [4.69, 9.17) is 5.11 Å². The maximum absolute atomic E-state index is 10.8. The molecule has 3 rings (SSSR count). The van der Waals surface area contributed by atoms with Crippen LogP contribution in [0.2, 0.25) is 0 Å². The first-order valence-electron chi connectivity index (χ1n) is 5.45. The van der Waals surface area contributed by atoms with Crippen LogP contribution in [0.25, 0.3) is 11.4 Å². The summed E-state index contributed by atoms with van der Waals surface area (Å²) in [5.74, 6) is -0.244. The Hall–Kier alpha value is -2.17. The molecule has 2 heterocycles. The molecular formula is C12H11N3O2. The quantitative estimate of drug-likeness (QED) is 0.838. The number of carbonyl (C=O) groups is 1. The largest absolute Gasteiger partial charge is 0.481 e. The Bertz CT molecular complexity index is 550. The molecule has 17 heavy (non-hydrogen) atoms. The molecule has 0 aliphatic heterocycles. The van der Waals surface area contributed by atoms with Crippen LogP contribution in [0.3, 0.4) is 0 Å². The van der Waals surface area contributed by atoms with E-state index in [0.29, 0.717) is 6.42 Å². The number of aliphatic carboxylic acids is 1. The predicted molar refractivity (Wildman–Crippen MR) is 60.3 cm³/mol. The summed E-state index contributed by atoms with van der Waals surface area (Å²) in [7, 11) is 0.